The van der Waals surface area contributed by atoms with E-state index < -0.39 is 5.82 Å². The largest absolute Gasteiger partial charge is 0.368 e. The van der Waals surface area contributed by atoms with Gasteiger partial charge in [-0.1, -0.05) is 17.8 Å². The van der Waals surface area contributed by atoms with Crippen LogP contribution in [-0.4, -0.2) is 21.2 Å². The summed E-state index contributed by atoms with van der Waals surface area (Å²) in [4.78, 5) is 12.0. The van der Waals surface area contributed by atoms with Crippen molar-refractivity contribution in [1.29, 1.82) is 0 Å². The van der Waals surface area contributed by atoms with Gasteiger partial charge in [0.25, 0.3) is 0 Å². The fraction of sp³-hybridized carbons (Fsp3) is 0.100. The first-order chi connectivity index (χ1) is 8.11. The lowest BCUT2D eigenvalue weighted by Crippen LogP contribution is -2.02. The number of benzene rings is 1. The lowest BCUT2D eigenvalue weighted by atomic mass is 10.2. The quantitative estimate of drug-likeness (QED) is 0.863. The Bertz CT molecular complexity index is 564. The molecule has 4 nitrogen and oxygen atoms in total. The smallest absolute Gasteiger partial charge is 0.224 e. The van der Waals surface area contributed by atoms with E-state index in [-0.39, 0.29) is 11.8 Å². The molecule has 17 heavy (non-hydrogen) atoms. The van der Waals surface area contributed by atoms with Crippen molar-refractivity contribution in [2.45, 2.75) is 5.16 Å². The molecule has 0 aliphatic carbocycles. The molecule has 0 unspecified atom stereocenters. The average Bonchev–Trinajstić information content (AvgIpc) is 2.31. The Hall–Kier alpha value is -1.21. The minimum Gasteiger partial charge on any atom is -0.368 e. The molecule has 2 rings (SSSR count). The van der Waals surface area contributed by atoms with E-state index in [0.717, 1.165) is 0 Å². The molecule has 0 saturated heterocycles. The fourth-order valence-corrected chi connectivity index (χ4v) is 1.99. The second-order valence-corrected chi connectivity index (χ2v) is 4.73. The highest BCUT2D eigenvalue weighted by molar-refractivity contribution is 9.10. The van der Waals surface area contributed by atoms with Gasteiger partial charge in [0, 0.05) is 0 Å². The van der Waals surface area contributed by atoms with Gasteiger partial charge in [-0.2, -0.15) is 9.97 Å². The maximum absolute atomic E-state index is 13.9. The average molecular weight is 315 g/mol. The van der Waals surface area contributed by atoms with Crippen molar-refractivity contribution in [3.05, 3.63) is 28.5 Å². The molecule has 0 amide bonds. The molecule has 0 atom stereocenters. The third-order valence-electron chi connectivity index (χ3n) is 2.01. The summed E-state index contributed by atoms with van der Waals surface area (Å²) in [6.07, 6.45) is 1.82. The van der Waals surface area contributed by atoms with Gasteiger partial charge in [-0.15, -0.1) is 0 Å². The third-order valence-corrected chi connectivity index (χ3v) is 3.17. The Balaban J connectivity index is 2.60. The summed E-state index contributed by atoms with van der Waals surface area (Å²) in [6, 6.07) is 4.92. The minimum atomic E-state index is -0.412. The van der Waals surface area contributed by atoms with Crippen LogP contribution < -0.4 is 5.73 Å². The lowest BCUT2D eigenvalue weighted by Gasteiger charge is -2.05. The summed E-state index contributed by atoms with van der Waals surface area (Å²) in [5.74, 6) is -0.0930. The van der Waals surface area contributed by atoms with Gasteiger partial charge in [-0.3, -0.25) is 0 Å². The van der Waals surface area contributed by atoms with E-state index in [1.165, 1.54) is 11.8 Å². The van der Waals surface area contributed by atoms with E-state index in [2.05, 4.69) is 30.9 Å². The molecule has 0 spiro atoms. The predicted octanol–water partition coefficient (Wildman–Crippen LogP) is 2.74. The van der Waals surface area contributed by atoms with Crippen LogP contribution in [0.25, 0.3) is 11.4 Å². The van der Waals surface area contributed by atoms with Gasteiger partial charge < -0.3 is 5.73 Å². The van der Waals surface area contributed by atoms with Crippen LogP contribution in [0.15, 0.2) is 27.8 Å². The second-order valence-electron chi connectivity index (χ2n) is 3.11. The Labute approximate surface area is 110 Å². The van der Waals surface area contributed by atoms with Gasteiger partial charge >= 0.3 is 0 Å². The maximum atomic E-state index is 13.9. The third kappa shape index (κ3) is 2.55. The van der Waals surface area contributed by atoms with Crippen molar-refractivity contribution < 1.29 is 4.39 Å². The number of nitrogen functional groups attached to an aromatic ring is 1. The zero-order valence-electron chi connectivity index (χ0n) is 8.82. The zero-order valence-corrected chi connectivity index (χ0v) is 11.2. The van der Waals surface area contributed by atoms with Crippen molar-refractivity contribution in [2.75, 3.05) is 12.0 Å². The summed E-state index contributed by atoms with van der Waals surface area (Å²) in [7, 11) is 0. The topological polar surface area (TPSA) is 64.7 Å². The predicted molar refractivity (Wildman–Crippen MR) is 69.1 cm³/mol. The monoisotopic (exact) mass is 314 g/mol. The van der Waals surface area contributed by atoms with Crippen LogP contribution in [0.2, 0.25) is 0 Å². The highest BCUT2D eigenvalue weighted by Gasteiger charge is 2.12. The molecule has 0 aliphatic heterocycles. The number of aromatic nitrogens is 3. The first-order valence-corrected chi connectivity index (χ1v) is 6.63. The van der Waals surface area contributed by atoms with Gasteiger partial charge in [0.1, 0.15) is 5.82 Å². The highest BCUT2D eigenvalue weighted by Crippen LogP contribution is 2.26. The Morgan fingerprint density at radius 1 is 1.29 bits per heavy atom. The van der Waals surface area contributed by atoms with Crippen LogP contribution in [0.4, 0.5) is 10.3 Å². The number of nitrogens with two attached hydrogens (primary N) is 1. The van der Waals surface area contributed by atoms with Gasteiger partial charge in [0.2, 0.25) is 5.95 Å². The molecule has 2 aromatic rings. The van der Waals surface area contributed by atoms with E-state index in [1.807, 2.05) is 6.26 Å². The number of halogens is 2. The zero-order chi connectivity index (χ0) is 12.4. The Morgan fingerprint density at radius 3 is 2.76 bits per heavy atom. The van der Waals surface area contributed by atoms with Gasteiger partial charge in [0.15, 0.2) is 11.0 Å². The molecule has 0 aliphatic rings. The summed E-state index contributed by atoms with van der Waals surface area (Å²) >= 11 is 4.44. The number of thioether (sulfide) groups is 1. The van der Waals surface area contributed by atoms with Crippen molar-refractivity contribution in [3.63, 3.8) is 0 Å². The number of hydrogen-bond acceptors (Lipinski definition) is 5. The molecule has 1 heterocycles. The minimum absolute atomic E-state index is 0.0822. The van der Waals surface area contributed by atoms with Crippen LogP contribution in [-0.2, 0) is 0 Å². The fourth-order valence-electron chi connectivity index (χ4n) is 1.26. The van der Waals surface area contributed by atoms with E-state index in [0.29, 0.717) is 15.2 Å². The van der Waals surface area contributed by atoms with Crippen molar-refractivity contribution in [3.8, 4) is 11.4 Å². The van der Waals surface area contributed by atoms with Crippen LogP contribution >= 0.6 is 27.7 Å². The van der Waals surface area contributed by atoms with E-state index in [4.69, 9.17) is 5.73 Å². The molecule has 0 radical (unpaired) electrons. The SMILES string of the molecule is CSc1nc(N)nc(-c2cccc(Br)c2F)n1. The van der Waals surface area contributed by atoms with Gasteiger partial charge in [0.05, 0.1) is 10.0 Å². The summed E-state index contributed by atoms with van der Waals surface area (Å²) in [5, 5.41) is 0.465. The van der Waals surface area contributed by atoms with Crippen molar-refractivity contribution in [2.24, 2.45) is 0 Å². The number of rotatable bonds is 2. The lowest BCUT2D eigenvalue weighted by molar-refractivity contribution is 0.623. The highest BCUT2D eigenvalue weighted by atomic mass is 79.9. The van der Waals surface area contributed by atoms with E-state index >= 15 is 0 Å². The molecular formula is C10H8BrFN4S. The molecule has 2 N–H and O–H groups in total. The molecule has 88 valence electrons. The molecular weight excluding hydrogens is 307 g/mol. The Morgan fingerprint density at radius 2 is 2.06 bits per heavy atom. The number of hydrogen-bond donors (Lipinski definition) is 1. The van der Waals surface area contributed by atoms with Crippen molar-refractivity contribution in [1.82, 2.24) is 15.0 Å². The van der Waals surface area contributed by atoms with E-state index in [1.54, 1.807) is 18.2 Å². The standard InChI is InChI=1S/C10H8BrFN4S/c1-17-10-15-8(14-9(13)16-10)5-3-2-4-6(11)7(5)12/h2-4H,1H3,(H2,13,14,15,16). The number of anilines is 1. The molecule has 0 bridgehead atoms. The second kappa shape index (κ2) is 4.97. The molecule has 1 aromatic carbocycles. The maximum Gasteiger partial charge on any atom is 0.224 e. The van der Waals surface area contributed by atoms with Crippen molar-refractivity contribution >= 4 is 33.6 Å². The van der Waals surface area contributed by atoms with Gasteiger partial charge in [-0.25, -0.2) is 9.37 Å². The van der Waals surface area contributed by atoms with Crippen LogP contribution in [0.3, 0.4) is 0 Å². The van der Waals surface area contributed by atoms with Crippen LogP contribution in [0.1, 0.15) is 0 Å². The molecule has 7 heteroatoms. The summed E-state index contributed by atoms with van der Waals surface area (Å²) in [5.41, 5.74) is 5.85. The van der Waals surface area contributed by atoms with Crippen LogP contribution in [0, 0.1) is 5.82 Å². The van der Waals surface area contributed by atoms with E-state index in [9.17, 15) is 4.39 Å². The first kappa shape index (κ1) is 12.3. The summed E-state index contributed by atoms with van der Waals surface area (Å²) in [6.45, 7) is 0. The van der Waals surface area contributed by atoms with Gasteiger partial charge in [-0.05, 0) is 34.3 Å². The Kier molecular flexibility index (Phi) is 3.58. The molecule has 1 aromatic heterocycles. The molecule has 0 saturated carbocycles. The van der Waals surface area contributed by atoms with Crippen LogP contribution in [0.5, 0.6) is 0 Å². The normalized spacial score (nSPS) is 10.5. The molecule has 0 fully saturated rings. The summed E-state index contributed by atoms with van der Waals surface area (Å²) < 4.78 is 14.2. The first-order valence-electron chi connectivity index (χ1n) is 4.61. The number of nitrogens with zero attached hydrogens (tertiary/aromatic N) is 3.